The molecule has 166 valence electrons. The molecule has 0 saturated heterocycles. The van der Waals surface area contributed by atoms with Crippen molar-refractivity contribution in [1.29, 1.82) is 0 Å². The molecule has 1 aromatic heterocycles. The molecule has 0 N–H and O–H groups in total. The molecule has 1 heterocycles. The van der Waals surface area contributed by atoms with Crippen LogP contribution in [0.2, 0.25) is 0 Å². The maximum atomic E-state index is 4.94. The first-order valence-corrected chi connectivity index (χ1v) is 12.2. The Hall–Kier alpha value is -4.15. The lowest BCUT2D eigenvalue weighted by atomic mass is 10.0. The summed E-state index contributed by atoms with van der Waals surface area (Å²) in [5, 5.41) is 2.22. The number of hydrogen-bond acceptors (Lipinski definition) is 3. The van der Waals surface area contributed by atoms with Gasteiger partial charge in [0.15, 0.2) is 17.5 Å². The molecule has 6 rings (SSSR count). The maximum Gasteiger partial charge on any atom is 0.164 e. The maximum absolute atomic E-state index is 4.94. The lowest BCUT2D eigenvalue weighted by Gasteiger charge is -2.11. The van der Waals surface area contributed by atoms with Crippen molar-refractivity contribution in [1.82, 2.24) is 15.0 Å². The van der Waals surface area contributed by atoms with Gasteiger partial charge in [0.25, 0.3) is 0 Å². The molecule has 35 heavy (non-hydrogen) atoms. The highest BCUT2D eigenvalue weighted by Crippen LogP contribution is 2.33. The topological polar surface area (TPSA) is 38.7 Å². The second-order valence-electron chi connectivity index (χ2n) is 8.26. The summed E-state index contributed by atoms with van der Waals surface area (Å²) in [6, 6.07) is 41.2. The van der Waals surface area contributed by atoms with E-state index in [-0.39, 0.29) is 0 Å². The fraction of sp³-hybridized carbons (Fsp3) is 0. The van der Waals surface area contributed by atoms with E-state index < -0.39 is 0 Å². The molecule has 0 aliphatic heterocycles. The van der Waals surface area contributed by atoms with Crippen molar-refractivity contribution in [2.24, 2.45) is 0 Å². The van der Waals surface area contributed by atoms with Gasteiger partial charge < -0.3 is 0 Å². The Kier molecular flexibility index (Phi) is 5.65. The third-order valence-corrected chi connectivity index (χ3v) is 6.72. The summed E-state index contributed by atoms with van der Waals surface area (Å²) < 4.78 is 1.05. The summed E-state index contributed by atoms with van der Waals surface area (Å²) in [4.78, 5) is 14.7. The standard InChI is InChI=1S/C31H20BrN3/c32-28-16-8-13-25-26(28)14-7-15-27(25)31-34-29(23-11-5-2-6-12-23)33-30(35-31)24-19-17-22(18-20-24)21-9-3-1-4-10-21/h1-20H. The van der Waals surface area contributed by atoms with E-state index in [1.165, 1.54) is 5.56 Å². The van der Waals surface area contributed by atoms with Gasteiger partial charge in [0, 0.05) is 21.2 Å². The Morgan fingerprint density at radius 1 is 0.371 bits per heavy atom. The minimum Gasteiger partial charge on any atom is -0.208 e. The molecule has 0 radical (unpaired) electrons. The highest BCUT2D eigenvalue weighted by atomic mass is 79.9. The monoisotopic (exact) mass is 513 g/mol. The van der Waals surface area contributed by atoms with E-state index in [2.05, 4.69) is 88.7 Å². The van der Waals surface area contributed by atoms with Crippen molar-refractivity contribution in [3.05, 3.63) is 126 Å². The molecule has 0 fully saturated rings. The van der Waals surface area contributed by atoms with Gasteiger partial charge in [-0.1, -0.05) is 131 Å². The van der Waals surface area contributed by atoms with Crippen LogP contribution < -0.4 is 0 Å². The van der Waals surface area contributed by atoms with Gasteiger partial charge in [-0.2, -0.15) is 0 Å². The van der Waals surface area contributed by atoms with Crippen LogP contribution in [-0.2, 0) is 0 Å². The van der Waals surface area contributed by atoms with Crippen molar-refractivity contribution >= 4 is 26.7 Å². The largest absolute Gasteiger partial charge is 0.208 e. The Morgan fingerprint density at radius 3 is 1.54 bits per heavy atom. The predicted octanol–water partition coefficient (Wildman–Crippen LogP) is 8.46. The van der Waals surface area contributed by atoms with Crippen molar-refractivity contribution in [2.45, 2.75) is 0 Å². The molecule has 3 nitrogen and oxygen atoms in total. The Morgan fingerprint density at radius 2 is 0.857 bits per heavy atom. The van der Waals surface area contributed by atoms with Gasteiger partial charge in [-0.05, 0) is 28.0 Å². The molecule has 0 bridgehead atoms. The van der Waals surface area contributed by atoms with Crippen LogP contribution in [0, 0.1) is 0 Å². The molecule has 0 unspecified atom stereocenters. The minimum absolute atomic E-state index is 0.653. The summed E-state index contributed by atoms with van der Waals surface area (Å²) in [6.45, 7) is 0. The van der Waals surface area contributed by atoms with Crippen molar-refractivity contribution < 1.29 is 0 Å². The highest BCUT2D eigenvalue weighted by Gasteiger charge is 2.14. The van der Waals surface area contributed by atoms with E-state index >= 15 is 0 Å². The zero-order chi connectivity index (χ0) is 23.6. The van der Waals surface area contributed by atoms with Gasteiger partial charge in [0.1, 0.15) is 0 Å². The number of halogens is 1. The minimum atomic E-state index is 0.653. The van der Waals surface area contributed by atoms with Crippen LogP contribution in [0.3, 0.4) is 0 Å². The molecular weight excluding hydrogens is 494 g/mol. The van der Waals surface area contributed by atoms with Crippen LogP contribution in [0.5, 0.6) is 0 Å². The fourth-order valence-electron chi connectivity index (χ4n) is 4.25. The quantitative estimate of drug-likeness (QED) is 0.237. The van der Waals surface area contributed by atoms with Crippen LogP contribution in [-0.4, -0.2) is 15.0 Å². The zero-order valence-electron chi connectivity index (χ0n) is 18.8. The molecule has 5 aromatic carbocycles. The average molecular weight is 514 g/mol. The lowest BCUT2D eigenvalue weighted by molar-refractivity contribution is 1.08. The Labute approximate surface area is 212 Å². The molecule has 0 spiro atoms. The second kappa shape index (κ2) is 9.24. The Balaban J connectivity index is 1.52. The smallest absolute Gasteiger partial charge is 0.164 e. The van der Waals surface area contributed by atoms with E-state index in [9.17, 15) is 0 Å². The predicted molar refractivity (Wildman–Crippen MR) is 147 cm³/mol. The molecule has 0 aliphatic rings. The number of benzene rings is 5. The normalized spacial score (nSPS) is 11.0. The van der Waals surface area contributed by atoms with Crippen molar-refractivity contribution in [3.63, 3.8) is 0 Å². The summed E-state index contributed by atoms with van der Waals surface area (Å²) in [5.41, 5.74) is 5.23. The van der Waals surface area contributed by atoms with Crippen LogP contribution in [0.25, 0.3) is 56.1 Å². The first kappa shape index (κ1) is 21.4. The highest BCUT2D eigenvalue weighted by molar-refractivity contribution is 9.10. The molecule has 6 aromatic rings. The van der Waals surface area contributed by atoms with Gasteiger partial charge >= 0.3 is 0 Å². The third kappa shape index (κ3) is 4.25. The summed E-state index contributed by atoms with van der Waals surface area (Å²) in [5.74, 6) is 1.97. The molecule has 0 amide bonds. The summed E-state index contributed by atoms with van der Waals surface area (Å²) >= 11 is 3.68. The Bertz CT molecular complexity index is 1630. The molecule has 0 aliphatic carbocycles. The van der Waals surface area contributed by atoms with Gasteiger partial charge in [-0.15, -0.1) is 0 Å². The number of hydrogen-bond donors (Lipinski definition) is 0. The number of fused-ring (bicyclic) bond motifs is 1. The molecule has 4 heteroatoms. The molecule has 0 atom stereocenters. The lowest BCUT2D eigenvalue weighted by Crippen LogP contribution is -2.00. The van der Waals surface area contributed by atoms with Gasteiger partial charge in [0.2, 0.25) is 0 Å². The fourth-order valence-corrected chi connectivity index (χ4v) is 4.75. The zero-order valence-corrected chi connectivity index (χ0v) is 20.4. The number of aromatic nitrogens is 3. The van der Waals surface area contributed by atoms with E-state index in [1.807, 2.05) is 48.5 Å². The number of rotatable bonds is 4. The van der Waals surface area contributed by atoms with Gasteiger partial charge in [-0.3, -0.25) is 0 Å². The second-order valence-corrected chi connectivity index (χ2v) is 9.11. The van der Waals surface area contributed by atoms with Crippen molar-refractivity contribution in [2.75, 3.05) is 0 Å². The van der Waals surface area contributed by atoms with Gasteiger partial charge in [0.05, 0.1) is 0 Å². The first-order valence-electron chi connectivity index (χ1n) is 11.4. The van der Waals surface area contributed by atoms with Crippen LogP contribution in [0.1, 0.15) is 0 Å². The molecular formula is C31H20BrN3. The first-order chi connectivity index (χ1) is 17.3. The molecule has 0 saturated carbocycles. The van der Waals surface area contributed by atoms with Gasteiger partial charge in [-0.25, -0.2) is 15.0 Å². The average Bonchev–Trinajstić information content (AvgIpc) is 2.94. The van der Waals surface area contributed by atoms with Crippen LogP contribution >= 0.6 is 15.9 Å². The van der Waals surface area contributed by atoms with E-state index in [0.29, 0.717) is 17.5 Å². The number of nitrogens with zero attached hydrogens (tertiary/aromatic N) is 3. The van der Waals surface area contributed by atoms with Crippen LogP contribution in [0.4, 0.5) is 0 Å². The van der Waals surface area contributed by atoms with Crippen LogP contribution in [0.15, 0.2) is 126 Å². The van der Waals surface area contributed by atoms with E-state index in [4.69, 9.17) is 15.0 Å². The van der Waals surface area contributed by atoms with E-state index in [0.717, 1.165) is 37.5 Å². The summed E-state index contributed by atoms with van der Waals surface area (Å²) in [7, 11) is 0. The summed E-state index contributed by atoms with van der Waals surface area (Å²) in [6.07, 6.45) is 0. The SMILES string of the molecule is Brc1cccc2c(-c3nc(-c4ccccc4)nc(-c4ccc(-c5ccccc5)cc4)n3)cccc12. The van der Waals surface area contributed by atoms with E-state index in [1.54, 1.807) is 0 Å². The third-order valence-electron chi connectivity index (χ3n) is 6.03. The van der Waals surface area contributed by atoms with Crippen molar-refractivity contribution in [3.8, 4) is 45.3 Å².